The maximum atomic E-state index is 12.8. The topological polar surface area (TPSA) is 16.6 Å². The minimum absolute atomic E-state index is 0.111. The van der Waals surface area contributed by atoms with Gasteiger partial charge in [0, 0.05) is 5.56 Å². The highest BCUT2D eigenvalue weighted by atomic mass is 19.1. The zero-order valence-corrected chi connectivity index (χ0v) is 5.97. The lowest BCUT2D eigenvalue weighted by Gasteiger charge is -1.96. The maximum absolute atomic E-state index is 12.8. The summed E-state index contributed by atoms with van der Waals surface area (Å²) in [6.45, 7) is 0.715. The van der Waals surface area contributed by atoms with Crippen molar-refractivity contribution in [3.63, 3.8) is 0 Å². The van der Waals surface area contributed by atoms with Crippen LogP contribution in [0.2, 0.25) is 0 Å². The lowest BCUT2D eigenvalue weighted by molar-refractivity contribution is -0.643. The number of nitrogens with two attached hydrogens (primary N) is 1. The molecule has 1 nitrogen and oxygen atoms in total. The third-order valence-corrected chi connectivity index (χ3v) is 1.38. The van der Waals surface area contributed by atoms with Gasteiger partial charge in [-0.25, -0.2) is 4.39 Å². The van der Waals surface area contributed by atoms with E-state index < -0.39 is 0 Å². The van der Waals surface area contributed by atoms with Gasteiger partial charge >= 0.3 is 0 Å². The number of hydrogen-bond acceptors (Lipinski definition) is 0. The summed E-state index contributed by atoms with van der Waals surface area (Å²) in [5.74, 6) is -0.111. The van der Waals surface area contributed by atoms with Crippen molar-refractivity contribution in [1.82, 2.24) is 0 Å². The van der Waals surface area contributed by atoms with Crippen LogP contribution < -0.4 is 5.32 Å². The van der Waals surface area contributed by atoms with Crippen LogP contribution in [0.3, 0.4) is 0 Å². The minimum Gasteiger partial charge on any atom is -0.345 e. The molecule has 0 saturated carbocycles. The molecule has 0 amide bonds. The fraction of sp³-hybridized carbons (Fsp3) is 0.250. The number of benzene rings is 1. The van der Waals surface area contributed by atoms with Crippen LogP contribution in [0.15, 0.2) is 24.3 Å². The number of hydrogen-bond donors (Lipinski definition) is 1. The third kappa shape index (κ3) is 1.54. The van der Waals surface area contributed by atoms with E-state index in [0.717, 1.165) is 5.56 Å². The van der Waals surface area contributed by atoms with Gasteiger partial charge in [0.05, 0.1) is 7.05 Å². The predicted octanol–water partition coefficient (Wildman–Crippen LogP) is 0.519. The van der Waals surface area contributed by atoms with Crippen molar-refractivity contribution in [1.29, 1.82) is 0 Å². The van der Waals surface area contributed by atoms with Crippen molar-refractivity contribution < 1.29 is 9.71 Å². The smallest absolute Gasteiger partial charge is 0.132 e. The second-order valence-corrected chi connectivity index (χ2v) is 2.20. The lowest BCUT2D eigenvalue weighted by atomic mass is 10.2. The summed E-state index contributed by atoms with van der Waals surface area (Å²) >= 11 is 0. The minimum atomic E-state index is -0.111. The normalized spacial score (nSPS) is 9.80. The largest absolute Gasteiger partial charge is 0.345 e. The Hall–Kier alpha value is -0.890. The molecule has 2 N–H and O–H groups in total. The molecule has 0 bridgehead atoms. The molecule has 0 radical (unpaired) electrons. The van der Waals surface area contributed by atoms with Crippen molar-refractivity contribution in [3.05, 3.63) is 35.6 Å². The van der Waals surface area contributed by atoms with Crippen LogP contribution in [0, 0.1) is 5.82 Å². The summed E-state index contributed by atoms with van der Waals surface area (Å²) in [4.78, 5) is 0. The van der Waals surface area contributed by atoms with E-state index in [1.807, 2.05) is 18.4 Å². The molecule has 0 unspecified atom stereocenters. The van der Waals surface area contributed by atoms with Gasteiger partial charge < -0.3 is 5.32 Å². The van der Waals surface area contributed by atoms with Crippen LogP contribution in [-0.4, -0.2) is 7.05 Å². The molecule has 0 saturated heterocycles. The molecule has 1 rings (SSSR count). The van der Waals surface area contributed by atoms with Crippen molar-refractivity contribution in [2.24, 2.45) is 0 Å². The second-order valence-electron chi connectivity index (χ2n) is 2.20. The molecule has 0 fully saturated rings. The Morgan fingerprint density at radius 1 is 1.40 bits per heavy atom. The third-order valence-electron chi connectivity index (χ3n) is 1.38. The van der Waals surface area contributed by atoms with Crippen molar-refractivity contribution in [2.75, 3.05) is 7.05 Å². The fourth-order valence-electron chi connectivity index (χ4n) is 0.884. The van der Waals surface area contributed by atoms with Gasteiger partial charge in [0.1, 0.15) is 12.4 Å². The van der Waals surface area contributed by atoms with E-state index in [1.165, 1.54) is 6.07 Å². The van der Waals surface area contributed by atoms with Gasteiger partial charge in [-0.2, -0.15) is 0 Å². The van der Waals surface area contributed by atoms with Crippen molar-refractivity contribution in [3.8, 4) is 0 Å². The Labute approximate surface area is 59.9 Å². The Kier molecular flexibility index (Phi) is 2.40. The first-order chi connectivity index (χ1) is 4.84. The standard InChI is InChI=1S/C8H10FN/c1-10-6-7-4-2-3-5-8(7)9/h2-5,10H,6H2,1H3/p+1. The molecule has 0 aromatic heterocycles. The molecule has 0 spiro atoms. The van der Waals surface area contributed by atoms with Gasteiger partial charge in [0.15, 0.2) is 0 Å². The predicted molar refractivity (Wildman–Crippen MR) is 38.0 cm³/mol. The van der Waals surface area contributed by atoms with E-state index in [9.17, 15) is 4.39 Å². The Bertz CT molecular complexity index is 210. The summed E-state index contributed by atoms with van der Waals surface area (Å²) < 4.78 is 12.8. The van der Waals surface area contributed by atoms with Gasteiger partial charge in [0.2, 0.25) is 0 Å². The van der Waals surface area contributed by atoms with E-state index in [2.05, 4.69) is 0 Å². The van der Waals surface area contributed by atoms with Gasteiger partial charge in [-0.15, -0.1) is 0 Å². The zero-order chi connectivity index (χ0) is 7.40. The van der Waals surface area contributed by atoms with Crippen LogP contribution in [0.1, 0.15) is 5.56 Å². The summed E-state index contributed by atoms with van der Waals surface area (Å²) in [5, 5.41) is 1.94. The molecule has 0 heterocycles. The van der Waals surface area contributed by atoms with Crippen LogP contribution >= 0.6 is 0 Å². The maximum Gasteiger partial charge on any atom is 0.132 e. The first-order valence-electron chi connectivity index (χ1n) is 3.36. The first-order valence-corrected chi connectivity index (χ1v) is 3.36. The highest BCUT2D eigenvalue weighted by Crippen LogP contribution is 2.03. The van der Waals surface area contributed by atoms with E-state index in [4.69, 9.17) is 0 Å². The van der Waals surface area contributed by atoms with Crippen LogP contribution in [0.5, 0.6) is 0 Å². The number of rotatable bonds is 2. The van der Waals surface area contributed by atoms with Gasteiger partial charge in [0.25, 0.3) is 0 Å². The molecular weight excluding hydrogens is 129 g/mol. The molecule has 10 heavy (non-hydrogen) atoms. The first kappa shape index (κ1) is 7.22. The summed E-state index contributed by atoms with van der Waals surface area (Å²) in [6.07, 6.45) is 0. The monoisotopic (exact) mass is 140 g/mol. The lowest BCUT2D eigenvalue weighted by Crippen LogP contribution is -2.77. The van der Waals surface area contributed by atoms with Crippen LogP contribution in [-0.2, 0) is 6.54 Å². The second kappa shape index (κ2) is 3.32. The van der Waals surface area contributed by atoms with Crippen molar-refractivity contribution >= 4 is 0 Å². The van der Waals surface area contributed by atoms with Gasteiger partial charge in [-0.1, -0.05) is 18.2 Å². The number of quaternary nitrogens is 1. The molecule has 1 aromatic carbocycles. The van der Waals surface area contributed by atoms with E-state index in [0.29, 0.717) is 6.54 Å². The number of halogens is 1. The SMILES string of the molecule is C[NH2+]Cc1ccccc1F. The van der Waals surface area contributed by atoms with Crippen LogP contribution in [0.4, 0.5) is 4.39 Å². The molecule has 0 aliphatic carbocycles. The average Bonchev–Trinajstić information content (AvgIpc) is 1.94. The summed E-state index contributed by atoms with van der Waals surface area (Å²) in [7, 11) is 1.92. The Morgan fingerprint density at radius 3 is 2.70 bits per heavy atom. The summed E-state index contributed by atoms with van der Waals surface area (Å²) in [5.41, 5.74) is 0.769. The van der Waals surface area contributed by atoms with Gasteiger partial charge in [-0.3, -0.25) is 0 Å². The highest BCUT2D eigenvalue weighted by Gasteiger charge is 1.98. The van der Waals surface area contributed by atoms with Crippen molar-refractivity contribution in [2.45, 2.75) is 6.54 Å². The molecule has 2 heteroatoms. The van der Waals surface area contributed by atoms with Gasteiger partial charge in [-0.05, 0) is 6.07 Å². The molecule has 0 aliphatic rings. The molecular formula is C8H11FN+. The van der Waals surface area contributed by atoms with E-state index >= 15 is 0 Å². The fourth-order valence-corrected chi connectivity index (χ4v) is 0.884. The highest BCUT2D eigenvalue weighted by molar-refractivity contribution is 5.15. The van der Waals surface area contributed by atoms with E-state index in [1.54, 1.807) is 12.1 Å². The molecule has 0 atom stereocenters. The summed E-state index contributed by atoms with van der Waals surface area (Å²) in [6, 6.07) is 6.84. The average molecular weight is 140 g/mol. The molecule has 0 aliphatic heterocycles. The Morgan fingerprint density at radius 2 is 2.10 bits per heavy atom. The van der Waals surface area contributed by atoms with Crippen LogP contribution in [0.25, 0.3) is 0 Å². The Balaban J connectivity index is 2.81. The zero-order valence-electron chi connectivity index (χ0n) is 5.97. The molecule has 1 aromatic rings. The quantitative estimate of drug-likeness (QED) is 0.616. The van der Waals surface area contributed by atoms with E-state index in [-0.39, 0.29) is 5.82 Å². The molecule has 54 valence electrons.